The zero-order valence-corrected chi connectivity index (χ0v) is 16.2. The van der Waals surface area contributed by atoms with Gasteiger partial charge in [0.1, 0.15) is 5.75 Å². The van der Waals surface area contributed by atoms with E-state index in [0.717, 1.165) is 0 Å². The zero-order chi connectivity index (χ0) is 20.5. The van der Waals surface area contributed by atoms with Crippen LogP contribution in [0.1, 0.15) is 24.1 Å². The average Bonchev–Trinajstić information content (AvgIpc) is 2.70. The molecule has 1 N–H and O–H groups in total. The van der Waals surface area contributed by atoms with Crippen LogP contribution in [0.3, 0.4) is 0 Å². The number of hydrogen-bond donors (Lipinski definition) is 1. The summed E-state index contributed by atoms with van der Waals surface area (Å²) in [6.07, 6.45) is 1.82. The molecular weight excluding hydrogens is 380 g/mol. The van der Waals surface area contributed by atoms with Gasteiger partial charge in [0.25, 0.3) is 0 Å². The molecule has 2 aromatic carbocycles. The van der Waals surface area contributed by atoms with Gasteiger partial charge in [-0.3, -0.25) is 0 Å². The quantitative estimate of drug-likeness (QED) is 0.504. The standard InChI is InChI=1S/C20H20N2O5S/c1-3-26-18(23)12-27-16-9-6-14(10-17(16)28-2)19(20(24)25)22-15-7-4-13(11-21)5-8-15/h4-10,19,22H,3,12H2,1-2H3,(H,24,25)/p-1. The predicted octanol–water partition coefficient (Wildman–Crippen LogP) is 2.13. The summed E-state index contributed by atoms with van der Waals surface area (Å²) in [7, 11) is 0. The van der Waals surface area contributed by atoms with Crippen LogP contribution in [0, 0.1) is 11.3 Å². The first-order valence-corrected chi connectivity index (χ1v) is 9.64. The van der Waals surface area contributed by atoms with Gasteiger partial charge in [-0.1, -0.05) is 6.07 Å². The van der Waals surface area contributed by atoms with Crippen LogP contribution in [0.4, 0.5) is 5.69 Å². The number of aliphatic carboxylic acids is 1. The van der Waals surface area contributed by atoms with Gasteiger partial charge < -0.3 is 24.7 Å². The summed E-state index contributed by atoms with van der Waals surface area (Å²) in [5.41, 5.74) is 1.49. The molecule has 0 aromatic heterocycles. The number of thioether (sulfide) groups is 1. The normalized spacial score (nSPS) is 11.2. The molecule has 2 aromatic rings. The van der Waals surface area contributed by atoms with Crippen LogP contribution in [0.5, 0.6) is 5.75 Å². The molecule has 0 radical (unpaired) electrons. The summed E-state index contributed by atoms with van der Waals surface area (Å²) in [6, 6.07) is 12.2. The lowest BCUT2D eigenvalue weighted by Crippen LogP contribution is -2.34. The van der Waals surface area contributed by atoms with Crippen molar-refractivity contribution in [2.45, 2.75) is 17.9 Å². The number of nitriles is 1. The molecule has 0 aliphatic carbocycles. The van der Waals surface area contributed by atoms with Gasteiger partial charge in [0.15, 0.2) is 6.61 Å². The number of hydrogen-bond acceptors (Lipinski definition) is 8. The van der Waals surface area contributed by atoms with E-state index >= 15 is 0 Å². The Hall–Kier alpha value is -3.18. The maximum atomic E-state index is 11.7. The number of esters is 1. The van der Waals surface area contributed by atoms with Crippen LogP contribution in [-0.4, -0.2) is 31.4 Å². The number of nitrogens with one attached hydrogen (secondary N) is 1. The number of nitrogens with zero attached hydrogens (tertiary/aromatic N) is 1. The monoisotopic (exact) mass is 399 g/mol. The Morgan fingerprint density at radius 3 is 2.54 bits per heavy atom. The maximum absolute atomic E-state index is 11.7. The fraction of sp³-hybridized carbons (Fsp3) is 0.250. The number of carboxylic acid groups (broad SMARTS) is 1. The van der Waals surface area contributed by atoms with Crippen LogP contribution in [-0.2, 0) is 14.3 Å². The molecule has 146 valence electrons. The molecule has 8 heteroatoms. The van der Waals surface area contributed by atoms with Crippen molar-refractivity contribution in [1.82, 2.24) is 0 Å². The lowest BCUT2D eigenvalue weighted by Gasteiger charge is -2.22. The smallest absolute Gasteiger partial charge is 0.344 e. The van der Waals surface area contributed by atoms with Crippen LogP contribution < -0.4 is 15.2 Å². The number of carboxylic acids is 1. The van der Waals surface area contributed by atoms with Crippen molar-refractivity contribution in [2.24, 2.45) is 0 Å². The first kappa shape index (κ1) is 21.1. The van der Waals surface area contributed by atoms with Gasteiger partial charge in [-0.15, -0.1) is 11.8 Å². The van der Waals surface area contributed by atoms with Crippen molar-refractivity contribution < 1.29 is 24.2 Å². The summed E-state index contributed by atoms with van der Waals surface area (Å²) < 4.78 is 10.3. The molecule has 0 spiro atoms. The van der Waals surface area contributed by atoms with Gasteiger partial charge in [0, 0.05) is 10.6 Å². The molecule has 28 heavy (non-hydrogen) atoms. The number of benzene rings is 2. The number of rotatable bonds is 9. The zero-order valence-electron chi connectivity index (χ0n) is 15.4. The number of carbonyl (C=O) groups excluding carboxylic acids is 2. The van der Waals surface area contributed by atoms with E-state index in [4.69, 9.17) is 14.7 Å². The molecule has 0 saturated heterocycles. The molecule has 0 heterocycles. The Labute approximate surface area is 167 Å². The minimum absolute atomic E-state index is 0.228. The highest BCUT2D eigenvalue weighted by Gasteiger charge is 2.16. The van der Waals surface area contributed by atoms with E-state index in [-0.39, 0.29) is 13.2 Å². The highest BCUT2D eigenvalue weighted by molar-refractivity contribution is 7.98. The Morgan fingerprint density at radius 2 is 1.96 bits per heavy atom. The second-order valence-electron chi connectivity index (χ2n) is 5.59. The Morgan fingerprint density at radius 1 is 1.25 bits per heavy atom. The third-order valence-corrected chi connectivity index (χ3v) is 4.49. The largest absolute Gasteiger partial charge is 0.548 e. The van der Waals surface area contributed by atoms with Crippen molar-refractivity contribution >= 4 is 29.4 Å². The molecule has 0 saturated carbocycles. The van der Waals surface area contributed by atoms with Gasteiger partial charge in [-0.25, -0.2) is 4.79 Å². The molecular formula is C20H19N2O5S-. The minimum Gasteiger partial charge on any atom is -0.548 e. The lowest BCUT2D eigenvalue weighted by atomic mass is 10.1. The van der Waals surface area contributed by atoms with E-state index in [1.807, 2.05) is 12.3 Å². The summed E-state index contributed by atoms with van der Waals surface area (Å²) in [5.74, 6) is -1.31. The first-order valence-electron chi connectivity index (χ1n) is 8.42. The number of anilines is 1. The van der Waals surface area contributed by atoms with Crippen LogP contribution in [0.25, 0.3) is 0 Å². The third kappa shape index (κ3) is 5.66. The molecule has 1 unspecified atom stereocenters. The van der Waals surface area contributed by atoms with E-state index < -0.39 is 18.0 Å². The molecule has 0 aliphatic rings. The molecule has 0 aliphatic heterocycles. The fourth-order valence-electron chi connectivity index (χ4n) is 2.41. The van der Waals surface area contributed by atoms with Crippen LogP contribution >= 0.6 is 11.8 Å². The Bertz CT molecular complexity index is 877. The highest BCUT2D eigenvalue weighted by atomic mass is 32.2. The summed E-state index contributed by atoms with van der Waals surface area (Å²) in [4.78, 5) is 23.8. The Balaban J connectivity index is 2.20. The third-order valence-electron chi connectivity index (χ3n) is 3.73. The lowest BCUT2D eigenvalue weighted by molar-refractivity contribution is -0.307. The average molecular weight is 399 g/mol. The van der Waals surface area contributed by atoms with Crippen molar-refractivity contribution in [3.63, 3.8) is 0 Å². The first-order chi connectivity index (χ1) is 13.5. The van der Waals surface area contributed by atoms with E-state index in [9.17, 15) is 14.7 Å². The Kier molecular flexibility index (Phi) is 7.72. The van der Waals surface area contributed by atoms with Crippen molar-refractivity contribution in [2.75, 3.05) is 24.8 Å². The van der Waals surface area contributed by atoms with E-state index in [2.05, 4.69) is 5.32 Å². The van der Waals surface area contributed by atoms with Crippen LogP contribution in [0.15, 0.2) is 47.4 Å². The van der Waals surface area contributed by atoms with Gasteiger partial charge in [-0.2, -0.15) is 5.26 Å². The van der Waals surface area contributed by atoms with Crippen molar-refractivity contribution in [3.05, 3.63) is 53.6 Å². The summed E-state index contributed by atoms with van der Waals surface area (Å²) >= 11 is 1.36. The maximum Gasteiger partial charge on any atom is 0.344 e. The van der Waals surface area contributed by atoms with Gasteiger partial charge in [0.2, 0.25) is 0 Å². The molecule has 2 rings (SSSR count). The summed E-state index contributed by atoms with van der Waals surface area (Å²) in [6.45, 7) is 1.75. The SMILES string of the molecule is CCOC(=O)COc1ccc(C(Nc2ccc(C#N)cc2)C(=O)[O-])cc1SC. The highest BCUT2D eigenvalue weighted by Crippen LogP contribution is 2.31. The van der Waals surface area contributed by atoms with E-state index in [0.29, 0.717) is 27.5 Å². The second-order valence-corrected chi connectivity index (χ2v) is 6.44. The van der Waals surface area contributed by atoms with Gasteiger partial charge in [-0.05, 0) is 55.1 Å². The second kappa shape index (κ2) is 10.2. The van der Waals surface area contributed by atoms with Crippen molar-refractivity contribution in [1.29, 1.82) is 5.26 Å². The molecule has 0 bridgehead atoms. The van der Waals surface area contributed by atoms with Gasteiger partial charge >= 0.3 is 5.97 Å². The number of ether oxygens (including phenoxy) is 2. The molecule has 0 fully saturated rings. The fourth-order valence-corrected chi connectivity index (χ4v) is 2.99. The molecule has 1 atom stereocenters. The molecule has 0 amide bonds. The molecule has 7 nitrogen and oxygen atoms in total. The van der Waals surface area contributed by atoms with Crippen LogP contribution in [0.2, 0.25) is 0 Å². The van der Waals surface area contributed by atoms with Gasteiger partial charge in [0.05, 0.1) is 30.3 Å². The van der Waals surface area contributed by atoms with E-state index in [1.54, 1.807) is 49.4 Å². The predicted molar refractivity (Wildman–Crippen MR) is 103 cm³/mol. The number of carbonyl (C=O) groups is 2. The van der Waals surface area contributed by atoms with Crippen molar-refractivity contribution in [3.8, 4) is 11.8 Å². The summed E-state index contributed by atoms with van der Waals surface area (Å²) in [5, 5.41) is 23.4. The minimum atomic E-state index is -1.29. The van der Waals surface area contributed by atoms with E-state index in [1.165, 1.54) is 11.8 Å². The topological polar surface area (TPSA) is 111 Å².